The molecule has 0 saturated carbocycles. The summed E-state index contributed by atoms with van der Waals surface area (Å²) in [5, 5.41) is 3.54. The SMILES string of the molecule is COCC(Cc1ccccc1)NCC(C)C. The fourth-order valence-electron chi connectivity index (χ4n) is 1.69. The number of hydrogen-bond acceptors (Lipinski definition) is 2. The number of nitrogens with one attached hydrogen (secondary N) is 1. The third-order valence-electron chi connectivity index (χ3n) is 2.51. The smallest absolute Gasteiger partial charge is 0.0619 e. The maximum absolute atomic E-state index is 5.25. The molecule has 0 bridgehead atoms. The van der Waals surface area contributed by atoms with E-state index in [1.165, 1.54) is 5.56 Å². The van der Waals surface area contributed by atoms with Crippen LogP contribution in [0.3, 0.4) is 0 Å². The highest BCUT2D eigenvalue weighted by Crippen LogP contribution is 2.04. The van der Waals surface area contributed by atoms with Crippen LogP contribution in [-0.2, 0) is 11.2 Å². The first-order valence-corrected chi connectivity index (χ1v) is 5.98. The van der Waals surface area contributed by atoms with Crippen molar-refractivity contribution in [3.05, 3.63) is 35.9 Å². The molecule has 0 aliphatic carbocycles. The monoisotopic (exact) mass is 221 g/mol. The highest BCUT2D eigenvalue weighted by molar-refractivity contribution is 5.15. The Balaban J connectivity index is 2.44. The van der Waals surface area contributed by atoms with Gasteiger partial charge in [0.1, 0.15) is 0 Å². The van der Waals surface area contributed by atoms with Crippen LogP contribution in [0.15, 0.2) is 30.3 Å². The summed E-state index contributed by atoms with van der Waals surface area (Å²) < 4.78 is 5.25. The molecule has 1 atom stereocenters. The van der Waals surface area contributed by atoms with E-state index in [0.717, 1.165) is 19.6 Å². The summed E-state index contributed by atoms with van der Waals surface area (Å²) >= 11 is 0. The zero-order valence-electron chi connectivity index (χ0n) is 10.6. The Morgan fingerprint density at radius 2 is 1.88 bits per heavy atom. The summed E-state index contributed by atoms with van der Waals surface area (Å²) in [7, 11) is 1.76. The summed E-state index contributed by atoms with van der Waals surface area (Å²) in [6.45, 7) is 6.25. The fraction of sp³-hybridized carbons (Fsp3) is 0.571. The van der Waals surface area contributed by atoms with Gasteiger partial charge in [-0.15, -0.1) is 0 Å². The van der Waals surface area contributed by atoms with Crippen LogP contribution in [0.5, 0.6) is 0 Å². The molecule has 2 nitrogen and oxygen atoms in total. The van der Waals surface area contributed by atoms with E-state index in [-0.39, 0.29) is 0 Å². The van der Waals surface area contributed by atoms with Crippen molar-refractivity contribution >= 4 is 0 Å². The molecule has 0 radical (unpaired) electrons. The summed E-state index contributed by atoms with van der Waals surface area (Å²) in [6, 6.07) is 11.0. The zero-order valence-corrected chi connectivity index (χ0v) is 10.6. The van der Waals surface area contributed by atoms with Gasteiger partial charge in [-0.2, -0.15) is 0 Å². The lowest BCUT2D eigenvalue weighted by atomic mass is 10.1. The Bertz CT molecular complexity index is 271. The average molecular weight is 221 g/mol. The van der Waals surface area contributed by atoms with Crippen molar-refractivity contribution in [3.63, 3.8) is 0 Å². The fourth-order valence-corrected chi connectivity index (χ4v) is 1.69. The van der Waals surface area contributed by atoms with Crippen molar-refractivity contribution in [1.82, 2.24) is 5.32 Å². The number of hydrogen-bond donors (Lipinski definition) is 1. The molecule has 1 N–H and O–H groups in total. The van der Waals surface area contributed by atoms with Gasteiger partial charge >= 0.3 is 0 Å². The summed E-state index contributed by atoms with van der Waals surface area (Å²) in [5.41, 5.74) is 1.36. The van der Waals surface area contributed by atoms with E-state index in [2.05, 4.69) is 49.5 Å². The van der Waals surface area contributed by atoms with Gasteiger partial charge in [-0.25, -0.2) is 0 Å². The maximum atomic E-state index is 5.25. The molecule has 0 aliphatic rings. The van der Waals surface area contributed by atoms with Crippen molar-refractivity contribution in [2.75, 3.05) is 20.3 Å². The Morgan fingerprint density at radius 3 is 2.44 bits per heavy atom. The molecule has 1 unspecified atom stereocenters. The largest absolute Gasteiger partial charge is 0.383 e. The Morgan fingerprint density at radius 1 is 1.19 bits per heavy atom. The molecule has 0 fully saturated rings. The third-order valence-corrected chi connectivity index (χ3v) is 2.51. The average Bonchev–Trinajstić information content (AvgIpc) is 2.27. The second-order valence-electron chi connectivity index (χ2n) is 4.64. The van der Waals surface area contributed by atoms with Crippen LogP contribution in [-0.4, -0.2) is 26.3 Å². The standard InChI is InChI=1S/C14H23NO/c1-12(2)10-15-14(11-16-3)9-13-7-5-4-6-8-13/h4-8,12,14-15H,9-11H2,1-3H3. The van der Waals surface area contributed by atoms with Gasteiger partial charge in [-0.1, -0.05) is 44.2 Å². The van der Waals surface area contributed by atoms with Crippen LogP contribution in [0.1, 0.15) is 19.4 Å². The molecule has 2 heteroatoms. The highest BCUT2D eigenvalue weighted by Gasteiger charge is 2.09. The molecule has 90 valence electrons. The molecule has 0 spiro atoms. The number of methoxy groups -OCH3 is 1. The molecular weight excluding hydrogens is 198 g/mol. The second kappa shape index (κ2) is 7.42. The van der Waals surface area contributed by atoms with Crippen molar-refractivity contribution in [2.24, 2.45) is 5.92 Å². The Kier molecular flexibility index (Phi) is 6.12. The minimum atomic E-state index is 0.412. The minimum Gasteiger partial charge on any atom is -0.383 e. The quantitative estimate of drug-likeness (QED) is 0.764. The van der Waals surface area contributed by atoms with Gasteiger partial charge < -0.3 is 10.1 Å². The van der Waals surface area contributed by atoms with Crippen molar-refractivity contribution in [3.8, 4) is 0 Å². The normalized spacial score (nSPS) is 13.0. The molecule has 1 rings (SSSR count). The summed E-state index contributed by atoms with van der Waals surface area (Å²) in [6.07, 6.45) is 1.03. The first-order chi connectivity index (χ1) is 7.72. The molecule has 0 amide bonds. The molecule has 1 aromatic rings. The van der Waals surface area contributed by atoms with Crippen LogP contribution in [0.25, 0.3) is 0 Å². The van der Waals surface area contributed by atoms with Crippen LogP contribution < -0.4 is 5.32 Å². The van der Waals surface area contributed by atoms with Crippen LogP contribution in [0, 0.1) is 5.92 Å². The molecule has 0 saturated heterocycles. The predicted molar refractivity (Wildman–Crippen MR) is 68.7 cm³/mol. The van der Waals surface area contributed by atoms with Crippen LogP contribution in [0.4, 0.5) is 0 Å². The van der Waals surface area contributed by atoms with E-state index >= 15 is 0 Å². The highest BCUT2D eigenvalue weighted by atomic mass is 16.5. The molecular formula is C14H23NO. The van der Waals surface area contributed by atoms with Gasteiger partial charge in [0.2, 0.25) is 0 Å². The summed E-state index contributed by atoms with van der Waals surface area (Å²) in [5.74, 6) is 0.676. The summed E-state index contributed by atoms with van der Waals surface area (Å²) in [4.78, 5) is 0. The number of benzene rings is 1. The lowest BCUT2D eigenvalue weighted by molar-refractivity contribution is 0.164. The van der Waals surface area contributed by atoms with E-state index < -0.39 is 0 Å². The topological polar surface area (TPSA) is 21.3 Å². The lowest BCUT2D eigenvalue weighted by Crippen LogP contribution is -2.37. The van der Waals surface area contributed by atoms with Gasteiger partial charge in [0.05, 0.1) is 6.61 Å². The van der Waals surface area contributed by atoms with E-state index in [9.17, 15) is 0 Å². The number of ether oxygens (including phenoxy) is 1. The molecule has 0 heterocycles. The van der Waals surface area contributed by atoms with Crippen LogP contribution >= 0.6 is 0 Å². The minimum absolute atomic E-state index is 0.412. The predicted octanol–water partition coefficient (Wildman–Crippen LogP) is 2.49. The number of rotatable bonds is 7. The van der Waals surface area contributed by atoms with E-state index in [1.54, 1.807) is 7.11 Å². The van der Waals surface area contributed by atoms with Crippen LogP contribution in [0.2, 0.25) is 0 Å². The maximum Gasteiger partial charge on any atom is 0.0619 e. The van der Waals surface area contributed by atoms with E-state index in [1.807, 2.05) is 0 Å². The molecule has 0 aliphatic heterocycles. The van der Waals surface area contributed by atoms with Crippen molar-refractivity contribution in [2.45, 2.75) is 26.3 Å². The lowest BCUT2D eigenvalue weighted by Gasteiger charge is -2.19. The Hall–Kier alpha value is -0.860. The second-order valence-corrected chi connectivity index (χ2v) is 4.64. The molecule has 0 aromatic heterocycles. The Labute approximate surface area is 99.0 Å². The molecule has 1 aromatic carbocycles. The van der Waals surface area contributed by atoms with Gasteiger partial charge in [0.25, 0.3) is 0 Å². The van der Waals surface area contributed by atoms with Gasteiger partial charge in [0.15, 0.2) is 0 Å². The van der Waals surface area contributed by atoms with Gasteiger partial charge in [-0.05, 0) is 24.4 Å². The molecule has 16 heavy (non-hydrogen) atoms. The van der Waals surface area contributed by atoms with Crippen molar-refractivity contribution in [1.29, 1.82) is 0 Å². The van der Waals surface area contributed by atoms with Crippen molar-refractivity contribution < 1.29 is 4.74 Å². The van der Waals surface area contributed by atoms with Gasteiger partial charge in [0, 0.05) is 13.2 Å². The van der Waals surface area contributed by atoms with E-state index in [4.69, 9.17) is 4.74 Å². The first-order valence-electron chi connectivity index (χ1n) is 5.98. The third kappa shape index (κ3) is 5.29. The van der Waals surface area contributed by atoms with Gasteiger partial charge in [-0.3, -0.25) is 0 Å². The zero-order chi connectivity index (χ0) is 11.8. The van der Waals surface area contributed by atoms with E-state index in [0.29, 0.717) is 12.0 Å². The first kappa shape index (κ1) is 13.2.